The minimum Gasteiger partial charge on any atom is -0.369 e. The van der Waals surface area contributed by atoms with Crippen LogP contribution in [0.5, 0.6) is 0 Å². The lowest BCUT2D eigenvalue weighted by Gasteiger charge is -2.22. The van der Waals surface area contributed by atoms with Gasteiger partial charge in [-0.05, 0) is 31.0 Å². The smallest absolute Gasteiger partial charge is 0.267 e. The topological polar surface area (TPSA) is 121 Å². The summed E-state index contributed by atoms with van der Waals surface area (Å²) in [7, 11) is 0. The summed E-state index contributed by atoms with van der Waals surface area (Å²) in [5.41, 5.74) is 6.19. The monoisotopic (exact) mass is 375 g/mol. The van der Waals surface area contributed by atoms with E-state index in [0.717, 1.165) is 18.2 Å². The van der Waals surface area contributed by atoms with Crippen LogP contribution in [0.4, 0.5) is 0 Å². The van der Waals surface area contributed by atoms with E-state index >= 15 is 0 Å². The van der Waals surface area contributed by atoms with Crippen molar-refractivity contribution < 1.29 is 14.4 Å². The first-order valence-electron chi connectivity index (χ1n) is 8.42. The zero-order valence-corrected chi connectivity index (χ0v) is 15.1. The molecule has 0 radical (unpaired) electrons. The van der Waals surface area contributed by atoms with Crippen molar-refractivity contribution >= 4 is 40.5 Å². The van der Waals surface area contributed by atoms with Crippen molar-refractivity contribution in [3.05, 3.63) is 30.1 Å². The maximum Gasteiger partial charge on any atom is 0.267 e. The predicted molar refractivity (Wildman–Crippen MR) is 99.7 cm³/mol. The molecule has 3 rings (SSSR count). The Labute approximate surface area is 154 Å². The molecule has 138 valence electrons. The van der Waals surface area contributed by atoms with E-state index in [1.165, 1.54) is 11.8 Å². The van der Waals surface area contributed by atoms with Crippen LogP contribution in [0.2, 0.25) is 0 Å². The van der Waals surface area contributed by atoms with Gasteiger partial charge in [0.25, 0.3) is 5.91 Å². The zero-order valence-electron chi connectivity index (χ0n) is 14.2. The van der Waals surface area contributed by atoms with Gasteiger partial charge in [-0.15, -0.1) is 11.8 Å². The van der Waals surface area contributed by atoms with E-state index in [2.05, 4.69) is 15.3 Å². The van der Waals surface area contributed by atoms with Gasteiger partial charge >= 0.3 is 0 Å². The largest absolute Gasteiger partial charge is 0.369 e. The van der Waals surface area contributed by atoms with E-state index in [9.17, 15) is 14.4 Å². The first-order valence-corrected chi connectivity index (χ1v) is 9.57. The third-order valence-corrected chi connectivity index (χ3v) is 4.99. The fourth-order valence-electron chi connectivity index (χ4n) is 2.68. The fraction of sp³-hybridized carbons (Fsp3) is 0.412. The Hall–Kier alpha value is -2.55. The normalized spacial score (nSPS) is 13.5. The number of hydrogen-bond acceptors (Lipinski definition) is 5. The lowest BCUT2D eigenvalue weighted by atomic mass is 10.3. The van der Waals surface area contributed by atoms with Crippen molar-refractivity contribution in [1.29, 1.82) is 0 Å². The molecule has 0 bridgehead atoms. The molecule has 4 N–H and O–H groups in total. The van der Waals surface area contributed by atoms with Gasteiger partial charge in [0.05, 0.1) is 11.5 Å². The number of H-pyrrole nitrogens is 1. The van der Waals surface area contributed by atoms with Gasteiger partial charge in [-0.1, -0.05) is 0 Å². The number of nitrogens with one attached hydrogen (secondary N) is 2. The number of aromatic amines is 1. The average molecular weight is 375 g/mol. The lowest BCUT2D eigenvalue weighted by Crippen LogP contribution is -2.41. The number of carbonyl (C=O) groups excluding carboxylic acids is 3. The molecule has 0 saturated heterocycles. The molecular weight excluding hydrogens is 354 g/mol. The van der Waals surface area contributed by atoms with Gasteiger partial charge in [-0.3, -0.25) is 14.4 Å². The molecule has 2 heterocycles. The van der Waals surface area contributed by atoms with E-state index < -0.39 is 5.91 Å². The van der Waals surface area contributed by atoms with E-state index in [1.807, 2.05) is 12.1 Å². The van der Waals surface area contributed by atoms with Gasteiger partial charge in [-0.2, -0.15) is 0 Å². The molecule has 1 fully saturated rings. The Morgan fingerprint density at radius 2 is 2.15 bits per heavy atom. The number of nitrogens with two attached hydrogens (primary N) is 1. The molecule has 0 unspecified atom stereocenters. The SMILES string of the molecule is NC(=O)CSCC(=O)N(CCNC(=O)c1cc2cccnc2[nH]1)C1CC1. The molecule has 0 aromatic carbocycles. The number of primary amides is 1. The number of carbonyl (C=O) groups is 3. The molecule has 2 aromatic rings. The second-order valence-corrected chi connectivity index (χ2v) is 7.14. The van der Waals surface area contributed by atoms with Crippen molar-refractivity contribution in [2.45, 2.75) is 18.9 Å². The van der Waals surface area contributed by atoms with Crippen LogP contribution in [-0.2, 0) is 9.59 Å². The number of amides is 3. The van der Waals surface area contributed by atoms with Crippen LogP contribution in [0.25, 0.3) is 11.0 Å². The molecule has 1 aliphatic rings. The van der Waals surface area contributed by atoms with Crippen molar-refractivity contribution in [3.63, 3.8) is 0 Å². The molecule has 1 aliphatic carbocycles. The number of rotatable bonds is 9. The summed E-state index contributed by atoms with van der Waals surface area (Å²) < 4.78 is 0. The Bertz CT molecular complexity index is 785. The maximum atomic E-state index is 12.3. The average Bonchev–Trinajstić information content (AvgIpc) is 3.35. The first-order chi connectivity index (χ1) is 12.5. The summed E-state index contributed by atoms with van der Waals surface area (Å²) >= 11 is 1.22. The lowest BCUT2D eigenvalue weighted by molar-refractivity contribution is -0.128. The molecule has 8 nitrogen and oxygen atoms in total. The highest BCUT2D eigenvalue weighted by Crippen LogP contribution is 2.27. The van der Waals surface area contributed by atoms with Crippen molar-refractivity contribution in [3.8, 4) is 0 Å². The van der Waals surface area contributed by atoms with E-state index in [-0.39, 0.29) is 29.4 Å². The van der Waals surface area contributed by atoms with Gasteiger partial charge in [0, 0.05) is 30.7 Å². The van der Waals surface area contributed by atoms with Gasteiger partial charge in [0.1, 0.15) is 11.3 Å². The Kier molecular flexibility index (Phi) is 5.77. The summed E-state index contributed by atoms with van der Waals surface area (Å²) in [6, 6.07) is 5.69. The molecule has 0 atom stereocenters. The van der Waals surface area contributed by atoms with Gasteiger partial charge in [0.15, 0.2) is 0 Å². The summed E-state index contributed by atoms with van der Waals surface area (Å²) in [6.45, 7) is 0.815. The summed E-state index contributed by atoms with van der Waals surface area (Å²) in [4.78, 5) is 44.3. The van der Waals surface area contributed by atoms with Gasteiger partial charge in [0.2, 0.25) is 11.8 Å². The van der Waals surface area contributed by atoms with Crippen molar-refractivity contribution in [2.24, 2.45) is 5.73 Å². The Balaban J connectivity index is 1.49. The number of pyridine rings is 1. The third-order valence-electron chi connectivity index (χ3n) is 4.05. The standard InChI is InChI=1S/C17H21N5O3S/c18-14(23)9-26-10-15(24)22(12-3-4-12)7-6-20-17(25)13-8-11-2-1-5-19-16(11)21-13/h1-2,5,8,12H,3-4,6-7,9-10H2,(H2,18,23)(H,19,21)(H,20,25). The number of nitrogens with zero attached hydrogens (tertiary/aromatic N) is 2. The van der Waals surface area contributed by atoms with Crippen LogP contribution in [-0.4, -0.2) is 63.2 Å². The fourth-order valence-corrected chi connectivity index (χ4v) is 3.33. The summed E-state index contributed by atoms with van der Waals surface area (Å²) in [6.07, 6.45) is 3.62. The van der Waals surface area contributed by atoms with Crippen LogP contribution >= 0.6 is 11.8 Å². The highest BCUT2D eigenvalue weighted by molar-refractivity contribution is 8.00. The molecule has 0 spiro atoms. The summed E-state index contributed by atoms with van der Waals surface area (Å²) in [5.74, 6) is -0.325. The Morgan fingerprint density at radius 3 is 2.85 bits per heavy atom. The molecule has 3 amide bonds. The van der Waals surface area contributed by atoms with E-state index in [0.29, 0.717) is 24.4 Å². The molecule has 1 saturated carbocycles. The molecule has 2 aromatic heterocycles. The second-order valence-electron chi connectivity index (χ2n) is 6.16. The minimum atomic E-state index is -0.430. The highest BCUT2D eigenvalue weighted by atomic mass is 32.2. The van der Waals surface area contributed by atoms with Crippen molar-refractivity contribution in [1.82, 2.24) is 20.2 Å². The van der Waals surface area contributed by atoms with E-state index in [4.69, 9.17) is 5.73 Å². The second kappa shape index (κ2) is 8.22. The molecular formula is C17H21N5O3S. The molecule has 0 aliphatic heterocycles. The first kappa shape index (κ1) is 18.2. The number of hydrogen-bond donors (Lipinski definition) is 3. The molecule has 26 heavy (non-hydrogen) atoms. The predicted octanol–water partition coefficient (Wildman–Crippen LogP) is 0.502. The van der Waals surface area contributed by atoms with Crippen LogP contribution in [0.3, 0.4) is 0 Å². The van der Waals surface area contributed by atoms with Crippen LogP contribution in [0, 0.1) is 0 Å². The number of thioether (sulfide) groups is 1. The minimum absolute atomic E-state index is 0.0252. The number of aromatic nitrogens is 2. The zero-order chi connectivity index (χ0) is 18.5. The van der Waals surface area contributed by atoms with Crippen molar-refractivity contribution in [2.75, 3.05) is 24.6 Å². The third kappa shape index (κ3) is 4.75. The molecule has 9 heteroatoms. The Morgan fingerprint density at radius 1 is 1.35 bits per heavy atom. The number of fused-ring (bicyclic) bond motifs is 1. The van der Waals surface area contributed by atoms with E-state index in [1.54, 1.807) is 17.2 Å². The van der Waals surface area contributed by atoms with Gasteiger partial charge in [-0.25, -0.2) is 4.98 Å². The van der Waals surface area contributed by atoms with Crippen LogP contribution < -0.4 is 11.1 Å². The van der Waals surface area contributed by atoms with Gasteiger partial charge < -0.3 is 20.9 Å². The summed E-state index contributed by atoms with van der Waals surface area (Å²) in [5, 5.41) is 3.70. The van der Waals surface area contributed by atoms with Crippen LogP contribution in [0.1, 0.15) is 23.3 Å². The van der Waals surface area contributed by atoms with Crippen LogP contribution in [0.15, 0.2) is 24.4 Å². The maximum absolute atomic E-state index is 12.3. The highest BCUT2D eigenvalue weighted by Gasteiger charge is 2.32. The quantitative estimate of drug-likeness (QED) is 0.589.